The fraction of sp³-hybridized carbons (Fsp3) is 0.250. The maximum absolute atomic E-state index is 11.1. The number of aryl methyl sites for hydroxylation is 2. The standard InChI is InChI=1S/C8H7NO3/c1-4-3-6-7(8(10)11-4)9-5(2)12-6/h3H,1-2H3. The van der Waals surface area contributed by atoms with Gasteiger partial charge in [-0.05, 0) is 6.92 Å². The number of aromatic nitrogens is 1. The minimum atomic E-state index is -0.443. The first-order chi connectivity index (χ1) is 5.66. The Morgan fingerprint density at radius 1 is 1.33 bits per heavy atom. The molecule has 0 fully saturated rings. The molecule has 2 aromatic heterocycles. The highest BCUT2D eigenvalue weighted by Gasteiger charge is 2.07. The zero-order valence-corrected chi connectivity index (χ0v) is 6.75. The normalized spacial score (nSPS) is 10.8. The Morgan fingerprint density at radius 2 is 2.08 bits per heavy atom. The Hall–Kier alpha value is -1.58. The van der Waals surface area contributed by atoms with Gasteiger partial charge < -0.3 is 8.83 Å². The summed E-state index contributed by atoms with van der Waals surface area (Å²) >= 11 is 0. The largest absolute Gasteiger partial charge is 0.441 e. The molecule has 2 heterocycles. The highest BCUT2D eigenvalue weighted by Crippen LogP contribution is 2.12. The van der Waals surface area contributed by atoms with Crippen LogP contribution in [0.1, 0.15) is 11.7 Å². The van der Waals surface area contributed by atoms with E-state index in [2.05, 4.69) is 4.98 Å². The van der Waals surface area contributed by atoms with Gasteiger partial charge in [0, 0.05) is 13.0 Å². The van der Waals surface area contributed by atoms with Crippen molar-refractivity contribution in [2.24, 2.45) is 0 Å². The summed E-state index contributed by atoms with van der Waals surface area (Å²) in [5.74, 6) is 1.01. The average Bonchev–Trinajstić information content (AvgIpc) is 2.29. The lowest BCUT2D eigenvalue weighted by Gasteiger charge is -1.87. The summed E-state index contributed by atoms with van der Waals surface area (Å²) in [6.45, 7) is 3.38. The van der Waals surface area contributed by atoms with Crippen LogP contribution in [0, 0.1) is 13.8 Å². The molecule has 2 aromatic rings. The predicted octanol–water partition coefficient (Wildman–Crippen LogP) is 1.40. The molecule has 0 bridgehead atoms. The van der Waals surface area contributed by atoms with Crippen LogP contribution in [-0.2, 0) is 0 Å². The zero-order valence-electron chi connectivity index (χ0n) is 6.75. The van der Waals surface area contributed by atoms with Gasteiger partial charge in [0.15, 0.2) is 17.0 Å². The Kier molecular flexibility index (Phi) is 1.30. The van der Waals surface area contributed by atoms with Crippen molar-refractivity contribution in [2.45, 2.75) is 13.8 Å². The molecular formula is C8H7NO3. The van der Waals surface area contributed by atoms with E-state index in [4.69, 9.17) is 8.83 Å². The first-order valence-electron chi connectivity index (χ1n) is 3.55. The lowest BCUT2D eigenvalue weighted by molar-refractivity contribution is 0.484. The monoisotopic (exact) mass is 165 g/mol. The van der Waals surface area contributed by atoms with E-state index in [9.17, 15) is 4.79 Å². The zero-order chi connectivity index (χ0) is 8.72. The Morgan fingerprint density at radius 3 is 2.83 bits per heavy atom. The molecule has 0 aliphatic carbocycles. The third-order valence-corrected chi connectivity index (χ3v) is 1.54. The number of hydrogen-bond acceptors (Lipinski definition) is 4. The number of oxazole rings is 1. The highest BCUT2D eigenvalue weighted by atomic mass is 16.4. The molecule has 0 spiro atoms. The van der Waals surface area contributed by atoms with Gasteiger partial charge in [-0.2, -0.15) is 0 Å². The molecule has 2 rings (SSSR count). The van der Waals surface area contributed by atoms with Crippen LogP contribution in [0.4, 0.5) is 0 Å². The summed E-state index contributed by atoms with van der Waals surface area (Å²) in [5, 5.41) is 0. The van der Waals surface area contributed by atoms with E-state index in [1.54, 1.807) is 19.9 Å². The summed E-state index contributed by atoms with van der Waals surface area (Å²) in [5.41, 5.74) is 0.307. The summed E-state index contributed by atoms with van der Waals surface area (Å²) in [6, 6.07) is 1.65. The molecule has 0 aromatic carbocycles. The first-order valence-corrected chi connectivity index (χ1v) is 3.55. The second kappa shape index (κ2) is 2.20. The molecule has 0 radical (unpaired) electrons. The van der Waals surface area contributed by atoms with Crippen LogP contribution in [0.15, 0.2) is 19.7 Å². The lowest BCUT2D eigenvalue weighted by Crippen LogP contribution is -1.99. The Balaban J connectivity index is 2.98. The van der Waals surface area contributed by atoms with Gasteiger partial charge in [0.2, 0.25) is 0 Å². The number of hydrogen-bond donors (Lipinski definition) is 0. The lowest BCUT2D eigenvalue weighted by atomic mass is 10.4. The number of rotatable bonds is 0. The average molecular weight is 165 g/mol. The smallest absolute Gasteiger partial charge is 0.366 e. The number of fused-ring (bicyclic) bond motifs is 1. The molecule has 0 N–H and O–H groups in total. The van der Waals surface area contributed by atoms with E-state index in [-0.39, 0.29) is 5.52 Å². The van der Waals surface area contributed by atoms with Gasteiger partial charge in [-0.3, -0.25) is 0 Å². The van der Waals surface area contributed by atoms with Gasteiger partial charge in [0.1, 0.15) is 5.76 Å². The van der Waals surface area contributed by atoms with Crippen molar-refractivity contribution in [2.75, 3.05) is 0 Å². The molecule has 12 heavy (non-hydrogen) atoms. The minimum Gasteiger partial charge on any atom is -0.441 e. The van der Waals surface area contributed by atoms with E-state index in [0.717, 1.165) is 0 Å². The summed E-state index contributed by atoms with van der Waals surface area (Å²) in [7, 11) is 0. The molecule has 0 amide bonds. The molecule has 0 aliphatic rings. The van der Waals surface area contributed by atoms with Crippen LogP contribution in [0.3, 0.4) is 0 Å². The van der Waals surface area contributed by atoms with Crippen molar-refractivity contribution < 1.29 is 8.83 Å². The van der Waals surface area contributed by atoms with Gasteiger partial charge in [-0.15, -0.1) is 0 Å². The van der Waals surface area contributed by atoms with Crippen LogP contribution in [0.5, 0.6) is 0 Å². The Labute approximate surface area is 67.8 Å². The van der Waals surface area contributed by atoms with Crippen LogP contribution >= 0.6 is 0 Å². The molecule has 62 valence electrons. The van der Waals surface area contributed by atoms with Crippen LogP contribution in [0.25, 0.3) is 11.1 Å². The van der Waals surface area contributed by atoms with Gasteiger partial charge in [0.05, 0.1) is 0 Å². The molecule has 4 nitrogen and oxygen atoms in total. The maximum atomic E-state index is 11.1. The van der Waals surface area contributed by atoms with Crippen molar-refractivity contribution in [1.29, 1.82) is 0 Å². The SMILES string of the molecule is Cc1cc2oc(C)nc2c(=O)o1. The topological polar surface area (TPSA) is 56.2 Å². The molecule has 0 saturated heterocycles. The molecule has 0 saturated carbocycles. The fourth-order valence-corrected chi connectivity index (χ4v) is 1.10. The fourth-order valence-electron chi connectivity index (χ4n) is 1.10. The van der Waals surface area contributed by atoms with E-state index in [1.807, 2.05) is 0 Å². The van der Waals surface area contributed by atoms with Crippen molar-refractivity contribution in [3.63, 3.8) is 0 Å². The molecule has 0 unspecified atom stereocenters. The van der Waals surface area contributed by atoms with Crippen molar-refractivity contribution in [3.8, 4) is 0 Å². The van der Waals surface area contributed by atoms with Crippen molar-refractivity contribution in [3.05, 3.63) is 28.1 Å². The second-order valence-corrected chi connectivity index (χ2v) is 2.59. The van der Waals surface area contributed by atoms with E-state index < -0.39 is 5.63 Å². The van der Waals surface area contributed by atoms with E-state index >= 15 is 0 Å². The molecular weight excluding hydrogens is 158 g/mol. The second-order valence-electron chi connectivity index (χ2n) is 2.59. The third kappa shape index (κ3) is 0.922. The van der Waals surface area contributed by atoms with Gasteiger partial charge in [0.25, 0.3) is 0 Å². The minimum absolute atomic E-state index is 0.262. The molecule has 0 atom stereocenters. The highest BCUT2D eigenvalue weighted by molar-refractivity contribution is 5.70. The van der Waals surface area contributed by atoms with E-state index in [0.29, 0.717) is 17.2 Å². The maximum Gasteiger partial charge on any atom is 0.366 e. The Bertz CT molecular complexity index is 480. The summed E-state index contributed by atoms with van der Waals surface area (Å²) in [4.78, 5) is 15.0. The summed E-state index contributed by atoms with van der Waals surface area (Å²) < 4.78 is 9.98. The van der Waals surface area contributed by atoms with Gasteiger partial charge in [-0.25, -0.2) is 9.78 Å². The first kappa shape index (κ1) is 7.09. The molecule has 4 heteroatoms. The van der Waals surface area contributed by atoms with Crippen LogP contribution in [-0.4, -0.2) is 4.98 Å². The third-order valence-electron chi connectivity index (χ3n) is 1.54. The van der Waals surface area contributed by atoms with Crippen LogP contribution < -0.4 is 5.63 Å². The van der Waals surface area contributed by atoms with Crippen molar-refractivity contribution >= 4 is 11.1 Å². The predicted molar refractivity (Wildman–Crippen MR) is 42.0 cm³/mol. The van der Waals surface area contributed by atoms with Gasteiger partial charge in [-0.1, -0.05) is 0 Å². The number of nitrogens with zero attached hydrogens (tertiary/aromatic N) is 1. The quantitative estimate of drug-likeness (QED) is 0.592. The van der Waals surface area contributed by atoms with Crippen LogP contribution in [0.2, 0.25) is 0 Å². The summed E-state index contributed by atoms with van der Waals surface area (Å²) in [6.07, 6.45) is 0. The van der Waals surface area contributed by atoms with E-state index in [1.165, 1.54) is 0 Å². The van der Waals surface area contributed by atoms with Gasteiger partial charge >= 0.3 is 5.63 Å². The molecule has 0 aliphatic heterocycles. The van der Waals surface area contributed by atoms with Crippen molar-refractivity contribution in [1.82, 2.24) is 4.98 Å².